The lowest BCUT2D eigenvalue weighted by atomic mass is 9.99. The number of alkyl halides is 3. The molecule has 0 radical (unpaired) electrons. The number of halogens is 3. The maximum Gasteiger partial charge on any atom is 0.416 e. The highest BCUT2D eigenvalue weighted by Gasteiger charge is 2.46. The van der Waals surface area contributed by atoms with Crippen molar-refractivity contribution < 1.29 is 32.6 Å². The van der Waals surface area contributed by atoms with Crippen LogP contribution in [0.3, 0.4) is 0 Å². The Hall–Kier alpha value is -3.79. The van der Waals surface area contributed by atoms with E-state index in [1.54, 1.807) is 35.7 Å². The summed E-state index contributed by atoms with van der Waals surface area (Å²) in [5.74, 6) is -1.48. The number of likely N-dealkylation sites (tertiary alicyclic amines) is 1. The van der Waals surface area contributed by atoms with Crippen LogP contribution in [0.2, 0.25) is 0 Å². The molecule has 186 valence electrons. The highest BCUT2D eigenvalue weighted by molar-refractivity contribution is 7.10. The monoisotopic (exact) mass is 514 g/mol. The third-order valence-electron chi connectivity index (χ3n) is 6.29. The van der Waals surface area contributed by atoms with Crippen molar-refractivity contribution in [3.8, 4) is 5.75 Å². The summed E-state index contributed by atoms with van der Waals surface area (Å²) in [7, 11) is 1.88. The van der Waals surface area contributed by atoms with Crippen LogP contribution in [0.15, 0.2) is 65.6 Å². The highest BCUT2D eigenvalue weighted by atomic mass is 32.1. The number of nitrogens with zero attached hydrogens (tertiary/aromatic N) is 2. The molecule has 1 atom stereocenters. The molecule has 1 N–H and O–H groups in total. The van der Waals surface area contributed by atoms with Crippen LogP contribution >= 0.6 is 11.3 Å². The van der Waals surface area contributed by atoms with Crippen molar-refractivity contribution in [2.75, 3.05) is 25.1 Å². The molecule has 0 aliphatic carbocycles. The Morgan fingerprint density at radius 1 is 1.14 bits per heavy atom. The Morgan fingerprint density at radius 3 is 2.67 bits per heavy atom. The predicted molar refractivity (Wildman–Crippen MR) is 129 cm³/mol. The first-order valence-corrected chi connectivity index (χ1v) is 12.0. The molecule has 10 heteroatoms. The Kier molecular flexibility index (Phi) is 5.99. The van der Waals surface area contributed by atoms with Crippen LogP contribution in [0.5, 0.6) is 5.75 Å². The molecule has 2 aliphatic heterocycles. The van der Waals surface area contributed by atoms with Crippen molar-refractivity contribution in [2.45, 2.75) is 18.8 Å². The molecule has 2 aliphatic rings. The smallest absolute Gasteiger partial charge is 0.416 e. The van der Waals surface area contributed by atoms with Crippen LogP contribution in [0.25, 0.3) is 5.76 Å². The van der Waals surface area contributed by atoms with Gasteiger partial charge in [-0.25, -0.2) is 0 Å². The minimum Gasteiger partial charge on any atom is -0.507 e. The summed E-state index contributed by atoms with van der Waals surface area (Å²) < 4.78 is 45.4. The van der Waals surface area contributed by atoms with E-state index in [1.165, 1.54) is 28.4 Å². The number of rotatable bonds is 4. The maximum absolute atomic E-state index is 13.2. The maximum atomic E-state index is 13.2. The van der Waals surface area contributed by atoms with Gasteiger partial charge in [-0.1, -0.05) is 18.2 Å². The lowest BCUT2D eigenvalue weighted by molar-refractivity contribution is -0.140. The SMILES string of the molecule is CN1CCOc2ccc(/C(O)=C3/C(=O)C(=O)N(Cc4cccc(C(F)(F)F)c4)C3c3cccs3)cc21. The number of benzene rings is 2. The normalized spacial score (nSPS) is 19.4. The number of carbonyl (C=O) groups excluding carboxylic acids is 2. The van der Waals surface area contributed by atoms with E-state index in [2.05, 4.69) is 0 Å². The first kappa shape index (κ1) is 23.9. The second-order valence-corrected chi connectivity index (χ2v) is 9.57. The zero-order valence-corrected chi connectivity index (χ0v) is 19.9. The van der Waals surface area contributed by atoms with Crippen LogP contribution in [0.4, 0.5) is 18.9 Å². The first-order valence-electron chi connectivity index (χ1n) is 11.1. The van der Waals surface area contributed by atoms with Gasteiger partial charge in [-0.05, 0) is 47.3 Å². The molecule has 6 nitrogen and oxygen atoms in total. The molecule has 1 unspecified atom stereocenters. The number of fused-ring (bicyclic) bond motifs is 1. The number of anilines is 1. The molecule has 36 heavy (non-hydrogen) atoms. The fourth-order valence-corrected chi connectivity index (χ4v) is 5.33. The van der Waals surface area contributed by atoms with Crippen LogP contribution in [0.1, 0.15) is 27.6 Å². The third-order valence-corrected chi connectivity index (χ3v) is 7.21. The molecule has 0 bridgehead atoms. The Balaban J connectivity index is 1.58. The largest absolute Gasteiger partial charge is 0.507 e. The lowest BCUT2D eigenvalue weighted by Crippen LogP contribution is -2.29. The molecule has 5 rings (SSSR count). The molecule has 3 heterocycles. The van der Waals surface area contributed by atoms with E-state index >= 15 is 0 Å². The highest BCUT2D eigenvalue weighted by Crippen LogP contribution is 2.43. The minimum atomic E-state index is -4.54. The van der Waals surface area contributed by atoms with Crippen molar-refractivity contribution in [1.82, 2.24) is 4.90 Å². The molecular formula is C26H21F3N2O4S. The number of Topliss-reactive ketones (excluding diaryl/α,β-unsaturated/α-hetero) is 1. The number of ether oxygens (including phenoxy) is 1. The van der Waals surface area contributed by atoms with Gasteiger partial charge in [0.25, 0.3) is 11.7 Å². The molecule has 0 spiro atoms. The number of aliphatic hydroxyl groups excluding tert-OH is 1. The van der Waals surface area contributed by atoms with Gasteiger partial charge in [0.1, 0.15) is 18.1 Å². The van der Waals surface area contributed by atoms with Crippen LogP contribution in [-0.2, 0) is 22.3 Å². The predicted octanol–water partition coefficient (Wildman–Crippen LogP) is 5.22. The Bertz CT molecular complexity index is 1370. The van der Waals surface area contributed by atoms with E-state index in [-0.39, 0.29) is 23.4 Å². The number of thiophene rings is 1. The van der Waals surface area contributed by atoms with Gasteiger partial charge < -0.3 is 19.6 Å². The molecule has 2 aromatic carbocycles. The molecule has 3 aromatic rings. The van der Waals surface area contributed by atoms with E-state index < -0.39 is 29.5 Å². The van der Waals surface area contributed by atoms with Gasteiger partial charge in [0.2, 0.25) is 0 Å². The topological polar surface area (TPSA) is 70.1 Å². The number of ketones is 1. The summed E-state index contributed by atoms with van der Waals surface area (Å²) >= 11 is 1.29. The zero-order chi connectivity index (χ0) is 25.6. The van der Waals surface area contributed by atoms with E-state index in [0.29, 0.717) is 29.3 Å². The number of carbonyl (C=O) groups is 2. The number of aliphatic hydroxyl groups is 1. The fraction of sp³-hybridized carbons (Fsp3) is 0.231. The van der Waals surface area contributed by atoms with Gasteiger partial charge in [0.05, 0.1) is 29.4 Å². The quantitative estimate of drug-likeness (QED) is 0.294. The Morgan fingerprint density at radius 2 is 1.94 bits per heavy atom. The van der Waals surface area contributed by atoms with Gasteiger partial charge in [-0.15, -0.1) is 11.3 Å². The molecule has 1 aromatic heterocycles. The van der Waals surface area contributed by atoms with Gasteiger partial charge in [-0.3, -0.25) is 9.59 Å². The lowest BCUT2D eigenvalue weighted by Gasteiger charge is -2.28. The summed E-state index contributed by atoms with van der Waals surface area (Å²) in [6, 6.07) is 12.2. The number of hydrogen-bond acceptors (Lipinski definition) is 6. The van der Waals surface area contributed by atoms with E-state index in [1.807, 2.05) is 11.9 Å². The van der Waals surface area contributed by atoms with Gasteiger partial charge >= 0.3 is 6.18 Å². The summed E-state index contributed by atoms with van der Waals surface area (Å²) in [5, 5.41) is 13.0. The van der Waals surface area contributed by atoms with Gasteiger partial charge in [0, 0.05) is 24.0 Å². The molecule has 1 amide bonds. The number of hydrogen-bond donors (Lipinski definition) is 1. The standard InChI is InChI=1S/C26H21F3N2O4S/c1-30-9-10-35-19-8-7-16(13-18(19)30)23(32)21-22(20-6-3-11-36-20)31(25(34)24(21)33)14-15-4-2-5-17(12-15)26(27,28)29/h2-8,11-13,22,32H,9-10,14H2,1H3/b23-21-. The summed E-state index contributed by atoms with van der Waals surface area (Å²) in [6.07, 6.45) is -4.54. The summed E-state index contributed by atoms with van der Waals surface area (Å²) in [5.41, 5.74) is 0.347. The summed E-state index contributed by atoms with van der Waals surface area (Å²) in [6.45, 7) is 0.941. The van der Waals surface area contributed by atoms with E-state index in [9.17, 15) is 27.9 Å². The van der Waals surface area contributed by atoms with Crippen LogP contribution in [0, 0.1) is 0 Å². The van der Waals surface area contributed by atoms with Crippen LogP contribution < -0.4 is 9.64 Å². The Labute approximate surface area is 208 Å². The van der Waals surface area contributed by atoms with Gasteiger partial charge in [0.15, 0.2) is 0 Å². The summed E-state index contributed by atoms with van der Waals surface area (Å²) in [4.78, 5) is 30.1. The second-order valence-electron chi connectivity index (χ2n) is 8.59. The molecule has 1 fully saturated rings. The van der Waals surface area contributed by atoms with Crippen molar-refractivity contribution in [1.29, 1.82) is 0 Å². The van der Waals surface area contributed by atoms with E-state index in [4.69, 9.17) is 4.74 Å². The average Bonchev–Trinajstić information content (AvgIpc) is 3.46. The van der Waals surface area contributed by atoms with Crippen LogP contribution in [-0.4, -0.2) is 41.9 Å². The number of amides is 1. The van der Waals surface area contributed by atoms with Crippen molar-refractivity contribution in [2.24, 2.45) is 0 Å². The molecular weight excluding hydrogens is 493 g/mol. The minimum absolute atomic E-state index is 0.103. The molecule has 1 saturated heterocycles. The average molecular weight is 515 g/mol. The second kappa shape index (κ2) is 9.02. The fourth-order valence-electron chi connectivity index (χ4n) is 4.48. The van der Waals surface area contributed by atoms with Crippen molar-refractivity contribution >= 4 is 34.5 Å². The molecule has 0 saturated carbocycles. The number of likely N-dealkylation sites (N-methyl/N-ethyl adjacent to an activating group) is 1. The van der Waals surface area contributed by atoms with Crippen molar-refractivity contribution in [3.05, 3.63) is 87.1 Å². The van der Waals surface area contributed by atoms with Crippen molar-refractivity contribution in [3.63, 3.8) is 0 Å². The zero-order valence-electron chi connectivity index (χ0n) is 19.1. The van der Waals surface area contributed by atoms with Gasteiger partial charge in [-0.2, -0.15) is 13.2 Å². The third kappa shape index (κ3) is 4.21. The van der Waals surface area contributed by atoms with E-state index in [0.717, 1.165) is 17.8 Å². The first-order chi connectivity index (χ1) is 17.1.